The fraction of sp³-hybridized carbons (Fsp3) is 0.526. The molecule has 1 aromatic carbocycles. The van der Waals surface area contributed by atoms with E-state index < -0.39 is 10.0 Å². The molecule has 2 saturated heterocycles. The van der Waals surface area contributed by atoms with Crippen molar-refractivity contribution in [2.24, 2.45) is 0 Å². The fourth-order valence-corrected chi connectivity index (χ4v) is 6.14. The van der Waals surface area contributed by atoms with Crippen LogP contribution in [0.3, 0.4) is 0 Å². The third-order valence-electron chi connectivity index (χ3n) is 5.65. The number of aryl methyl sites for hydroxylation is 1. The maximum atomic E-state index is 13.5. The van der Waals surface area contributed by atoms with Crippen LogP contribution in [0.5, 0.6) is 0 Å². The number of piperazine rings is 1. The zero-order valence-electron chi connectivity index (χ0n) is 14.9. The van der Waals surface area contributed by atoms with Crippen LogP contribution in [0, 0.1) is 6.92 Å². The van der Waals surface area contributed by atoms with E-state index in [0.29, 0.717) is 17.5 Å². The zero-order chi connectivity index (χ0) is 17.6. The Morgan fingerprint density at radius 2 is 2.00 bits per heavy atom. The summed E-state index contributed by atoms with van der Waals surface area (Å²) < 4.78 is 28.7. The molecule has 2 aliphatic rings. The van der Waals surface area contributed by atoms with E-state index in [1.807, 2.05) is 32.0 Å². The van der Waals surface area contributed by atoms with Crippen molar-refractivity contribution in [2.75, 3.05) is 19.6 Å². The van der Waals surface area contributed by atoms with Gasteiger partial charge in [0.2, 0.25) is 10.0 Å². The number of sulfonamides is 1. The van der Waals surface area contributed by atoms with Gasteiger partial charge in [-0.15, -0.1) is 0 Å². The molecule has 134 valence electrons. The highest BCUT2D eigenvalue weighted by Gasteiger charge is 2.39. The molecule has 5 nitrogen and oxygen atoms in total. The molecular weight excluding hydrogens is 334 g/mol. The second-order valence-electron chi connectivity index (χ2n) is 7.35. The molecule has 6 heteroatoms. The number of benzene rings is 1. The molecular formula is C19H25N3O2S. The molecule has 0 radical (unpaired) electrons. The molecule has 0 saturated carbocycles. The number of fused-ring (bicyclic) bond motifs is 2. The Labute approximate surface area is 149 Å². The molecule has 25 heavy (non-hydrogen) atoms. The Morgan fingerprint density at radius 1 is 1.16 bits per heavy atom. The maximum absolute atomic E-state index is 13.5. The van der Waals surface area contributed by atoms with Gasteiger partial charge in [0, 0.05) is 36.8 Å². The number of nitrogens with zero attached hydrogens (tertiary/aromatic N) is 3. The Morgan fingerprint density at radius 3 is 2.84 bits per heavy atom. The first kappa shape index (κ1) is 16.9. The SMILES string of the molecule is Cc1ccc(S(=O)(=O)N2CC3CCCCN3CC2C)c2cccnc12. The Bertz CT molecular complexity index is 897. The van der Waals surface area contributed by atoms with E-state index in [0.717, 1.165) is 36.0 Å². The van der Waals surface area contributed by atoms with Crippen molar-refractivity contribution in [3.05, 3.63) is 36.0 Å². The minimum atomic E-state index is -3.54. The number of hydrogen-bond donors (Lipinski definition) is 0. The summed E-state index contributed by atoms with van der Waals surface area (Å²) in [5.74, 6) is 0. The summed E-state index contributed by atoms with van der Waals surface area (Å²) in [7, 11) is -3.54. The highest BCUT2D eigenvalue weighted by molar-refractivity contribution is 7.89. The molecule has 0 amide bonds. The third kappa shape index (κ3) is 2.86. The lowest BCUT2D eigenvalue weighted by Crippen LogP contribution is -2.59. The van der Waals surface area contributed by atoms with Crippen LogP contribution in [-0.4, -0.2) is 54.3 Å². The smallest absolute Gasteiger partial charge is 0.244 e. The second kappa shape index (κ2) is 6.34. The highest BCUT2D eigenvalue weighted by Crippen LogP contribution is 2.32. The summed E-state index contributed by atoms with van der Waals surface area (Å²) in [5.41, 5.74) is 1.77. The highest BCUT2D eigenvalue weighted by atomic mass is 32.2. The van der Waals surface area contributed by atoms with E-state index in [-0.39, 0.29) is 6.04 Å². The Kier molecular flexibility index (Phi) is 4.30. The van der Waals surface area contributed by atoms with E-state index in [2.05, 4.69) is 9.88 Å². The van der Waals surface area contributed by atoms with Gasteiger partial charge in [0.15, 0.2) is 0 Å². The van der Waals surface area contributed by atoms with Crippen molar-refractivity contribution in [3.63, 3.8) is 0 Å². The first-order valence-electron chi connectivity index (χ1n) is 9.09. The van der Waals surface area contributed by atoms with Gasteiger partial charge in [0.05, 0.1) is 10.4 Å². The molecule has 4 rings (SSSR count). The van der Waals surface area contributed by atoms with Crippen molar-refractivity contribution in [3.8, 4) is 0 Å². The van der Waals surface area contributed by atoms with Gasteiger partial charge in [-0.3, -0.25) is 9.88 Å². The average molecular weight is 359 g/mol. The topological polar surface area (TPSA) is 53.5 Å². The van der Waals surface area contributed by atoms with Crippen LogP contribution in [0.25, 0.3) is 10.9 Å². The van der Waals surface area contributed by atoms with Crippen molar-refractivity contribution >= 4 is 20.9 Å². The lowest BCUT2D eigenvalue weighted by atomic mass is 9.99. The molecule has 2 atom stereocenters. The number of hydrogen-bond acceptors (Lipinski definition) is 4. The lowest BCUT2D eigenvalue weighted by molar-refractivity contribution is 0.0565. The number of piperidine rings is 1. The van der Waals surface area contributed by atoms with Gasteiger partial charge < -0.3 is 0 Å². The third-order valence-corrected chi connectivity index (χ3v) is 7.69. The summed E-state index contributed by atoms with van der Waals surface area (Å²) >= 11 is 0. The molecule has 2 unspecified atom stereocenters. The summed E-state index contributed by atoms with van der Waals surface area (Å²) in [6.45, 7) is 6.51. The van der Waals surface area contributed by atoms with Crippen LogP contribution in [-0.2, 0) is 10.0 Å². The quantitative estimate of drug-likeness (QED) is 0.827. The van der Waals surface area contributed by atoms with E-state index >= 15 is 0 Å². The summed E-state index contributed by atoms with van der Waals surface area (Å²) in [6.07, 6.45) is 5.23. The van der Waals surface area contributed by atoms with Crippen LogP contribution >= 0.6 is 0 Å². The first-order valence-corrected chi connectivity index (χ1v) is 10.5. The summed E-state index contributed by atoms with van der Waals surface area (Å²) in [6, 6.07) is 7.63. The van der Waals surface area contributed by atoms with E-state index in [1.54, 1.807) is 16.6 Å². The van der Waals surface area contributed by atoms with Crippen molar-refractivity contribution in [1.29, 1.82) is 0 Å². The van der Waals surface area contributed by atoms with E-state index in [9.17, 15) is 8.42 Å². The van der Waals surface area contributed by atoms with E-state index in [1.165, 1.54) is 12.8 Å². The van der Waals surface area contributed by atoms with Crippen LogP contribution in [0.2, 0.25) is 0 Å². The maximum Gasteiger partial charge on any atom is 0.244 e. The Balaban J connectivity index is 1.76. The van der Waals surface area contributed by atoms with Gasteiger partial charge in [0.25, 0.3) is 0 Å². The molecule has 2 aliphatic heterocycles. The average Bonchev–Trinajstić information content (AvgIpc) is 2.61. The second-order valence-corrected chi connectivity index (χ2v) is 9.21. The molecule has 0 aliphatic carbocycles. The molecule has 0 N–H and O–H groups in total. The van der Waals surface area contributed by atoms with Crippen LogP contribution in [0.1, 0.15) is 31.7 Å². The minimum Gasteiger partial charge on any atom is -0.297 e. The van der Waals surface area contributed by atoms with Gasteiger partial charge >= 0.3 is 0 Å². The van der Waals surface area contributed by atoms with Gasteiger partial charge in [-0.25, -0.2) is 8.42 Å². The molecule has 1 aromatic heterocycles. The molecule has 3 heterocycles. The Hall–Kier alpha value is -1.50. The van der Waals surface area contributed by atoms with Gasteiger partial charge in [0.1, 0.15) is 0 Å². The zero-order valence-corrected chi connectivity index (χ0v) is 15.7. The van der Waals surface area contributed by atoms with E-state index in [4.69, 9.17) is 0 Å². The predicted octanol–water partition coefficient (Wildman–Crippen LogP) is 2.79. The van der Waals surface area contributed by atoms with Gasteiger partial charge in [-0.05, 0) is 57.0 Å². The van der Waals surface area contributed by atoms with Crippen molar-refractivity contribution < 1.29 is 8.42 Å². The number of rotatable bonds is 2. The van der Waals surface area contributed by atoms with Crippen molar-refractivity contribution in [2.45, 2.75) is 50.1 Å². The standard InChI is InChI=1S/C19H25N3O2S/c1-14-8-9-18(17-7-5-10-20-19(14)17)25(23,24)22-13-16-6-3-4-11-21(16)12-15(22)2/h5,7-10,15-16H,3-4,6,11-13H2,1-2H3. The summed E-state index contributed by atoms with van der Waals surface area (Å²) in [4.78, 5) is 7.25. The number of pyridine rings is 1. The fourth-order valence-electron chi connectivity index (χ4n) is 4.30. The van der Waals surface area contributed by atoms with Crippen LogP contribution in [0.15, 0.2) is 35.4 Å². The molecule has 2 fully saturated rings. The predicted molar refractivity (Wildman–Crippen MR) is 99.0 cm³/mol. The van der Waals surface area contributed by atoms with Gasteiger partial charge in [-0.2, -0.15) is 4.31 Å². The van der Waals surface area contributed by atoms with Crippen LogP contribution in [0.4, 0.5) is 0 Å². The van der Waals surface area contributed by atoms with Gasteiger partial charge in [-0.1, -0.05) is 12.5 Å². The normalized spacial score (nSPS) is 25.8. The van der Waals surface area contributed by atoms with Crippen molar-refractivity contribution in [1.82, 2.24) is 14.2 Å². The number of aromatic nitrogens is 1. The molecule has 0 bridgehead atoms. The molecule has 2 aromatic rings. The summed E-state index contributed by atoms with van der Waals surface area (Å²) in [5, 5.41) is 0.723. The first-order chi connectivity index (χ1) is 12.0. The van der Waals surface area contributed by atoms with Crippen LogP contribution < -0.4 is 0 Å². The lowest BCUT2D eigenvalue weighted by Gasteiger charge is -2.46. The monoisotopic (exact) mass is 359 g/mol. The minimum absolute atomic E-state index is 0.00706. The largest absolute Gasteiger partial charge is 0.297 e. The molecule has 0 spiro atoms.